The lowest BCUT2D eigenvalue weighted by Crippen LogP contribution is -2.11. The van der Waals surface area contributed by atoms with E-state index in [0.29, 0.717) is 15.3 Å². The molecule has 1 aliphatic heterocycles. The Bertz CT molecular complexity index is 980. The van der Waals surface area contributed by atoms with Gasteiger partial charge in [-0.1, -0.05) is 23.8 Å². The Morgan fingerprint density at radius 2 is 1.89 bits per heavy atom. The van der Waals surface area contributed by atoms with Crippen LogP contribution in [0.1, 0.15) is 26.1 Å². The highest BCUT2D eigenvalue weighted by Crippen LogP contribution is 2.45. The van der Waals surface area contributed by atoms with Gasteiger partial charge in [-0.3, -0.25) is 10.1 Å². The molecular weight excluding hydrogens is 408 g/mol. The van der Waals surface area contributed by atoms with Crippen LogP contribution in [0.5, 0.6) is 5.75 Å². The SMILES string of the molecule is COc1ccc(C)cc1-c1csc(NC(=O)c2ccc(C3SCCS3)cc2)n1. The average molecular weight is 429 g/mol. The lowest BCUT2D eigenvalue weighted by atomic mass is 10.1. The van der Waals surface area contributed by atoms with E-state index in [-0.39, 0.29) is 5.91 Å². The molecule has 0 bridgehead atoms. The van der Waals surface area contributed by atoms with Gasteiger partial charge in [-0.25, -0.2) is 4.98 Å². The number of thiazole rings is 1. The zero-order valence-electron chi connectivity index (χ0n) is 15.6. The van der Waals surface area contributed by atoms with E-state index in [2.05, 4.69) is 22.4 Å². The summed E-state index contributed by atoms with van der Waals surface area (Å²) >= 11 is 5.33. The molecule has 0 aliphatic carbocycles. The Morgan fingerprint density at radius 3 is 2.61 bits per heavy atom. The minimum absolute atomic E-state index is 0.143. The number of aryl methyl sites for hydroxylation is 1. The number of nitrogens with one attached hydrogen (secondary N) is 1. The standard InChI is InChI=1S/C21H20N2O2S3/c1-13-3-8-18(25-2)16(11-13)17-12-28-21(22-17)23-19(24)14-4-6-15(7-5-14)20-26-9-10-27-20/h3-8,11-12,20H,9-10H2,1-2H3,(H,22,23,24). The first-order chi connectivity index (χ1) is 13.6. The van der Waals surface area contributed by atoms with Gasteiger partial charge in [0.15, 0.2) is 5.13 Å². The molecule has 1 aliphatic rings. The molecule has 0 spiro atoms. The summed E-state index contributed by atoms with van der Waals surface area (Å²) in [5.74, 6) is 3.01. The van der Waals surface area contributed by atoms with Crippen molar-refractivity contribution in [3.05, 3.63) is 64.5 Å². The number of aromatic nitrogens is 1. The molecular formula is C21H20N2O2S3. The quantitative estimate of drug-likeness (QED) is 0.552. The van der Waals surface area contributed by atoms with E-state index in [0.717, 1.165) is 22.6 Å². The largest absolute Gasteiger partial charge is 0.496 e. The molecule has 2 aromatic carbocycles. The summed E-state index contributed by atoms with van der Waals surface area (Å²) in [7, 11) is 1.65. The van der Waals surface area contributed by atoms with Crippen molar-refractivity contribution in [2.45, 2.75) is 11.5 Å². The number of rotatable bonds is 5. The topological polar surface area (TPSA) is 51.2 Å². The van der Waals surface area contributed by atoms with Crippen molar-refractivity contribution in [3.63, 3.8) is 0 Å². The lowest BCUT2D eigenvalue weighted by molar-refractivity contribution is 0.102. The fourth-order valence-corrected chi connectivity index (χ4v) is 6.55. The molecule has 0 unspecified atom stereocenters. The van der Waals surface area contributed by atoms with Crippen molar-refractivity contribution in [1.82, 2.24) is 4.98 Å². The molecule has 0 saturated carbocycles. The van der Waals surface area contributed by atoms with Crippen LogP contribution in [0.15, 0.2) is 47.8 Å². The van der Waals surface area contributed by atoms with Crippen LogP contribution in [0.2, 0.25) is 0 Å². The summed E-state index contributed by atoms with van der Waals surface area (Å²) in [6.07, 6.45) is 0. The van der Waals surface area contributed by atoms with E-state index in [4.69, 9.17) is 4.74 Å². The smallest absolute Gasteiger partial charge is 0.257 e. The summed E-state index contributed by atoms with van der Waals surface area (Å²) in [4.78, 5) is 17.2. The predicted octanol–water partition coefficient (Wildman–Crippen LogP) is 5.86. The Labute approximate surface area is 177 Å². The van der Waals surface area contributed by atoms with Crippen LogP contribution in [0.25, 0.3) is 11.3 Å². The third-order valence-corrected chi connectivity index (χ3v) is 8.28. The monoisotopic (exact) mass is 428 g/mol. The Hall–Kier alpha value is -1.96. The molecule has 2 heterocycles. The lowest BCUT2D eigenvalue weighted by Gasteiger charge is -2.09. The van der Waals surface area contributed by atoms with Crippen molar-refractivity contribution in [1.29, 1.82) is 0 Å². The van der Waals surface area contributed by atoms with E-state index >= 15 is 0 Å². The first-order valence-corrected chi connectivity index (χ1v) is 11.9. The number of carbonyl (C=O) groups is 1. The minimum atomic E-state index is -0.143. The zero-order chi connectivity index (χ0) is 19.5. The van der Waals surface area contributed by atoms with Gasteiger partial charge in [-0.05, 0) is 36.8 Å². The Morgan fingerprint density at radius 1 is 1.14 bits per heavy atom. The first kappa shape index (κ1) is 19.4. The van der Waals surface area contributed by atoms with Crippen molar-refractivity contribution >= 4 is 45.9 Å². The van der Waals surface area contributed by atoms with Crippen LogP contribution >= 0.6 is 34.9 Å². The predicted molar refractivity (Wildman–Crippen MR) is 121 cm³/mol. The molecule has 1 fully saturated rings. The van der Waals surface area contributed by atoms with Gasteiger partial charge in [0.05, 0.1) is 17.4 Å². The van der Waals surface area contributed by atoms with Gasteiger partial charge < -0.3 is 4.74 Å². The number of ether oxygens (including phenoxy) is 1. The number of nitrogens with zero attached hydrogens (tertiary/aromatic N) is 1. The Kier molecular flexibility index (Phi) is 5.94. The second kappa shape index (κ2) is 8.59. The molecule has 1 saturated heterocycles. The number of methoxy groups -OCH3 is 1. The van der Waals surface area contributed by atoms with Crippen LogP contribution < -0.4 is 10.1 Å². The Balaban J connectivity index is 1.48. The van der Waals surface area contributed by atoms with Gasteiger partial charge in [-0.2, -0.15) is 0 Å². The maximum absolute atomic E-state index is 12.6. The highest BCUT2D eigenvalue weighted by Gasteiger charge is 2.19. The second-order valence-corrected chi connectivity index (χ2v) is 9.97. The molecule has 28 heavy (non-hydrogen) atoms. The van der Waals surface area contributed by atoms with Gasteiger partial charge in [0.1, 0.15) is 5.75 Å². The van der Waals surface area contributed by atoms with E-state index in [1.807, 2.05) is 66.2 Å². The number of anilines is 1. The third-order valence-electron chi connectivity index (χ3n) is 4.42. The summed E-state index contributed by atoms with van der Waals surface area (Å²) in [5.41, 5.74) is 4.77. The van der Waals surface area contributed by atoms with Gasteiger partial charge in [0.2, 0.25) is 0 Å². The molecule has 3 aromatic rings. The molecule has 4 rings (SSSR count). The number of hydrogen-bond donors (Lipinski definition) is 1. The number of thioether (sulfide) groups is 2. The number of amides is 1. The normalized spacial score (nSPS) is 14.2. The summed E-state index contributed by atoms with van der Waals surface area (Å²) in [5, 5.41) is 5.42. The van der Waals surface area contributed by atoms with Gasteiger partial charge in [0.25, 0.3) is 5.91 Å². The van der Waals surface area contributed by atoms with E-state index in [1.54, 1.807) is 7.11 Å². The van der Waals surface area contributed by atoms with Crippen LogP contribution in [0, 0.1) is 6.92 Å². The van der Waals surface area contributed by atoms with E-state index in [9.17, 15) is 4.79 Å². The molecule has 0 atom stereocenters. The van der Waals surface area contributed by atoms with Crippen molar-refractivity contribution < 1.29 is 9.53 Å². The number of benzene rings is 2. The highest BCUT2D eigenvalue weighted by atomic mass is 32.2. The fraction of sp³-hybridized carbons (Fsp3) is 0.238. The number of carbonyl (C=O) groups excluding carboxylic acids is 1. The molecule has 1 N–H and O–H groups in total. The van der Waals surface area contributed by atoms with Crippen LogP contribution in [-0.2, 0) is 0 Å². The summed E-state index contributed by atoms with van der Waals surface area (Å²) < 4.78 is 5.93. The molecule has 1 aromatic heterocycles. The fourth-order valence-electron chi connectivity index (χ4n) is 2.99. The van der Waals surface area contributed by atoms with Crippen LogP contribution in [0.4, 0.5) is 5.13 Å². The second-order valence-electron chi connectivity index (χ2n) is 6.39. The average Bonchev–Trinajstić information content (AvgIpc) is 3.40. The first-order valence-electron chi connectivity index (χ1n) is 8.89. The summed E-state index contributed by atoms with van der Waals surface area (Å²) in [6, 6.07) is 13.9. The third kappa shape index (κ3) is 4.21. The van der Waals surface area contributed by atoms with Gasteiger partial charge >= 0.3 is 0 Å². The molecule has 144 valence electrons. The summed E-state index contributed by atoms with van der Waals surface area (Å²) in [6.45, 7) is 2.03. The molecule has 1 amide bonds. The zero-order valence-corrected chi connectivity index (χ0v) is 18.0. The van der Waals surface area contributed by atoms with Gasteiger partial charge in [0, 0.05) is 28.0 Å². The maximum Gasteiger partial charge on any atom is 0.257 e. The highest BCUT2D eigenvalue weighted by molar-refractivity contribution is 8.19. The van der Waals surface area contributed by atoms with Crippen molar-refractivity contribution in [2.75, 3.05) is 23.9 Å². The number of hydrogen-bond acceptors (Lipinski definition) is 6. The maximum atomic E-state index is 12.6. The molecule has 7 heteroatoms. The van der Waals surface area contributed by atoms with E-state index in [1.165, 1.54) is 28.4 Å². The molecule has 0 radical (unpaired) electrons. The van der Waals surface area contributed by atoms with E-state index < -0.39 is 0 Å². The van der Waals surface area contributed by atoms with Crippen LogP contribution in [0.3, 0.4) is 0 Å². The minimum Gasteiger partial charge on any atom is -0.496 e. The van der Waals surface area contributed by atoms with Crippen molar-refractivity contribution in [3.8, 4) is 17.0 Å². The molecule has 4 nitrogen and oxygen atoms in total. The van der Waals surface area contributed by atoms with Gasteiger partial charge in [-0.15, -0.1) is 34.9 Å². The van der Waals surface area contributed by atoms with Crippen LogP contribution in [-0.4, -0.2) is 29.5 Å². The van der Waals surface area contributed by atoms with Crippen molar-refractivity contribution in [2.24, 2.45) is 0 Å².